The molecule has 0 amide bonds. The van der Waals surface area contributed by atoms with E-state index in [1.165, 1.54) is 37.7 Å². The molecule has 0 heterocycles. The van der Waals surface area contributed by atoms with Gasteiger partial charge in [-0.3, -0.25) is 0 Å². The van der Waals surface area contributed by atoms with Gasteiger partial charge in [0.25, 0.3) is 0 Å². The van der Waals surface area contributed by atoms with E-state index in [4.69, 9.17) is 10.00 Å². The lowest BCUT2D eigenvalue weighted by Crippen LogP contribution is -2.14. The van der Waals surface area contributed by atoms with E-state index >= 15 is 0 Å². The third-order valence-corrected chi connectivity index (χ3v) is 5.80. The predicted molar refractivity (Wildman–Crippen MR) is 107 cm³/mol. The highest BCUT2D eigenvalue weighted by atomic mass is 19.2. The van der Waals surface area contributed by atoms with Gasteiger partial charge in [0.1, 0.15) is 6.07 Å². The normalized spacial score (nSPS) is 18.8. The first-order chi connectivity index (χ1) is 14.0. The van der Waals surface area contributed by atoms with E-state index in [0.717, 1.165) is 30.9 Å². The lowest BCUT2D eigenvalue weighted by molar-refractivity contribution is 0.0726. The van der Waals surface area contributed by atoms with Gasteiger partial charge in [-0.1, -0.05) is 38.3 Å². The number of hydrogen-bond donors (Lipinski definition) is 0. The number of nitriles is 1. The number of esters is 1. The van der Waals surface area contributed by atoms with Gasteiger partial charge in [0.2, 0.25) is 5.82 Å². The molecule has 1 fully saturated rings. The first-order valence-electron chi connectivity index (χ1n) is 10.2. The summed E-state index contributed by atoms with van der Waals surface area (Å²) < 4.78 is 32.6. The number of carbonyl (C=O) groups is 1. The Morgan fingerprint density at radius 2 is 1.76 bits per heavy atom. The van der Waals surface area contributed by atoms with E-state index in [1.54, 1.807) is 18.2 Å². The summed E-state index contributed by atoms with van der Waals surface area (Å²) in [5, 5.41) is 8.72. The van der Waals surface area contributed by atoms with Crippen molar-refractivity contribution in [1.29, 1.82) is 5.26 Å². The Morgan fingerprint density at radius 3 is 2.38 bits per heavy atom. The summed E-state index contributed by atoms with van der Waals surface area (Å²) in [5.41, 5.74) is 1.04. The lowest BCUT2D eigenvalue weighted by Gasteiger charge is -2.28. The minimum absolute atomic E-state index is 0.273. The van der Waals surface area contributed by atoms with Gasteiger partial charge in [0, 0.05) is 0 Å². The van der Waals surface area contributed by atoms with Gasteiger partial charge in [-0.2, -0.15) is 9.65 Å². The number of halogens is 2. The highest BCUT2D eigenvalue weighted by Crippen LogP contribution is 2.37. The van der Waals surface area contributed by atoms with Crippen molar-refractivity contribution in [3.05, 3.63) is 64.7 Å². The standard InChI is InChI=1S/C24H25F2NO2/c1-2-3-4-16-5-7-17(8-6-16)18-9-11-19(12-10-18)24(28)29-21-14-13-20(15-27)22(25)23(21)26/h9-14,16-17H,2-8H2,1H3/t16-,17-. The molecule has 3 nitrogen and oxygen atoms in total. The van der Waals surface area contributed by atoms with E-state index in [0.29, 0.717) is 5.92 Å². The van der Waals surface area contributed by atoms with Crippen molar-refractivity contribution in [3.8, 4) is 11.8 Å². The molecule has 2 aromatic carbocycles. The first kappa shape index (κ1) is 21.0. The summed E-state index contributed by atoms with van der Waals surface area (Å²) in [6.45, 7) is 2.23. The topological polar surface area (TPSA) is 50.1 Å². The van der Waals surface area contributed by atoms with Crippen molar-refractivity contribution in [1.82, 2.24) is 0 Å². The summed E-state index contributed by atoms with van der Waals surface area (Å²) in [5.74, 6) is -2.61. The van der Waals surface area contributed by atoms with Crippen LogP contribution in [-0.4, -0.2) is 5.97 Å². The average molecular weight is 397 g/mol. The molecule has 0 spiro atoms. The zero-order valence-electron chi connectivity index (χ0n) is 16.6. The molecule has 29 heavy (non-hydrogen) atoms. The molecule has 1 aliphatic carbocycles. The van der Waals surface area contributed by atoms with Crippen LogP contribution in [-0.2, 0) is 0 Å². The van der Waals surface area contributed by atoms with Gasteiger partial charge >= 0.3 is 5.97 Å². The Hall–Kier alpha value is -2.74. The van der Waals surface area contributed by atoms with E-state index in [1.807, 2.05) is 12.1 Å². The largest absolute Gasteiger partial charge is 0.420 e. The minimum atomic E-state index is -1.34. The van der Waals surface area contributed by atoms with E-state index < -0.39 is 28.9 Å². The SMILES string of the molecule is CCCC[C@H]1CC[C@H](c2ccc(C(=O)Oc3ccc(C#N)c(F)c3F)cc2)CC1. The van der Waals surface area contributed by atoms with Crippen molar-refractivity contribution in [3.63, 3.8) is 0 Å². The number of unbranched alkanes of at least 4 members (excludes halogenated alkanes) is 1. The quantitative estimate of drug-likeness (QED) is 0.412. The molecular weight excluding hydrogens is 372 g/mol. The van der Waals surface area contributed by atoms with E-state index in [2.05, 4.69) is 6.92 Å². The number of benzene rings is 2. The number of ether oxygens (including phenoxy) is 1. The summed E-state index contributed by atoms with van der Waals surface area (Å²) in [7, 11) is 0. The molecule has 0 N–H and O–H groups in total. The van der Waals surface area contributed by atoms with Crippen LogP contribution in [0.3, 0.4) is 0 Å². The Labute approximate surface area is 170 Å². The molecule has 3 rings (SSSR count). The van der Waals surface area contributed by atoms with Gasteiger partial charge in [-0.05, 0) is 67.3 Å². The van der Waals surface area contributed by atoms with Gasteiger partial charge in [-0.25, -0.2) is 9.18 Å². The summed E-state index contributed by atoms with van der Waals surface area (Å²) >= 11 is 0. The predicted octanol–water partition coefficient (Wildman–Crippen LogP) is 6.52. The second kappa shape index (κ2) is 9.65. The summed E-state index contributed by atoms with van der Waals surface area (Å²) in [6, 6.07) is 10.9. The molecule has 152 valence electrons. The van der Waals surface area contributed by atoms with E-state index in [9.17, 15) is 13.6 Å². The highest BCUT2D eigenvalue weighted by molar-refractivity contribution is 5.91. The fourth-order valence-electron chi connectivity index (χ4n) is 4.02. The molecular formula is C24H25F2NO2. The number of nitrogens with zero attached hydrogens (tertiary/aromatic N) is 1. The van der Waals surface area contributed by atoms with Gasteiger partial charge in [0.15, 0.2) is 11.6 Å². The van der Waals surface area contributed by atoms with Crippen LogP contribution >= 0.6 is 0 Å². The molecule has 0 bridgehead atoms. The van der Waals surface area contributed by atoms with E-state index in [-0.39, 0.29) is 5.56 Å². The number of hydrogen-bond acceptors (Lipinski definition) is 3. The smallest absolute Gasteiger partial charge is 0.343 e. The van der Waals surface area contributed by atoms with Gasteiger partial charge < -0.3 is 4.74 Å². The molecule has 1 aliphatic rings. The Morgan fingerprint density at radius 1 is 1.07 bits per heavy atom. The van der Waals surface area contributed by atoms with Crippen LogP contribution in [0.5, 0.6) is 5.75 Å². The van der Waals surface area contributed by atoms with Crippen LogP contribution in [0, 0.1) is 28.9 Å². The molecule has 0 saturated heterocycles. The number of rotatable bonds is 6. The third kappa shape index (κ3) is 5.00. The monoisotopic (exact) mass is 397 g/mol. The zero-order valence-corrected chi connectivity index (χ0v) is 16.6. The molecule has 5 heteroatoms. The maximum absolute atomic E-state index is 13.9. The third-order valence-electron chi connectivity index (χ3n) is 5.80. The Bertz CT molecular complexity index is 894. The Kier molecular flexibility index (Phi) is 6.98. The van der Waals surface area contributed by atoms with Crippen LogP contribution < -0.4 is 4.74 Å². The van der Waals surface area contributed by atoms with Crippen molar-refractivity contribution < 1.29 is 18.3 Å². The summed E-state index contributed by atoms with van der Waals surface area (Å²) in [4.78, 5) is 12.3. The molecule has 0 atom stereocenters. The van der Waals surface area contributed by atoms with Gasteiger partial charge in [0.05, 0.1) is 11.1 Å². The lowest BCUT2D eigenvalue weighted by atomic mass is 9.77. The summed E-state index contributed by atoms with van der Waals surface area (Å²) in [6.07, 6.45) is 8.69. The van der Waals surface area contributed by atoms with Crippen LogP contribution in [0.25, 0.3) is 0 Å². The molecule has 1 saturated carbocycles. The minimum Gasteiger partial charge on any atom is -0.420 e. The fraction of sp³-hybridized carbons (Fsp3) is 0.417. The van der Waals surface area contributed by atoms with Crippen molar-refractivity contribution in [2.45, 2.75) is 57.8 Å². The van der Waals surface area contributed by atoms with Crippen LogP contribution in [0.2, 0.25) is 0 Å². The maximum Gasteiger partial charge on any atom is 0.343 e. The fourth-order valence-corrected chi connectivity index (χ4v) is 4.02. The maximum atomic E-state index is 13.9. The molecule has 0 unspecified atom stereocenters. The molecule has 0 radical (unpaired) electrons. The number of carbonyl (C=O) groups excluding carboxylic acids is 1. The molecule has 2 aromatic rings. The zero-order chi connectivity index (χ0) is 20.8. The Balaban J connectivity index is 1.61. The van der Waals surface area contributed by atoms with Crippen LogP contribution in [0.4, 0.5) is 8.78 Å². The second-order valence-corrected chi connectivity index (χ2v) is 7.72. The van der Waals surface area contributed by atoms with Crippen molar-refractivity contribution in [2.75, 3.05) is 0 Å². The van der Waals surface area contributed by atoms with Gasteiger partial charge in [-0.15, -0.1) is 0 Å². The highest BCUT2D eigenvalue weighted by Gasteiger charge is 2.23. The molecule has 0 aromatic heterocycles. The van der Waals surface area contributed by atoms with Crippen molar-refractivity contribution in [2.24, 2.45) is 5.92 Å². The second-order valence-electron chi connectivity index (χ2n) is 7.72. The molecule has 0 aliphatic heterocycles. The first-order valence-corrected chi connectivity index (χ1v) is 10.2. The average Bonchev–Trinajstić information content (AvgIpc) is 2.76. The van der Waals surface area contributed by atoms with Crippen LogP contribution in [0.1, 0.15) is 79.3 Å². The van der Waals surface area contributed by atoms with Crippen molar-refractivity contribution >= 4 is 5.97 Å². The van der Waals surface area contributed by atoms with Crippen LogP contribution in [0.15, 0.2) is 36.4 Å².